The average Bonchev–Trinajstić information content (AvgIpc) is 2.33. The third-order valence-corrected chi connectivity index (χ3v) is 4.27. The molecule has 2 N–H and O–H groups in total. The van der Waals surface area contributed by atoms with E-state index in [1.165, 1.54) is 12.5 Å². The molecule has 100 valence electrons. The molecule has 4 heteroatoms. The van der Waals surface area contributed by atoms with E-state index in [-0.39, 0.29) is 5.82 Å². The highest BCUT2D eigenvalue weighted by Crippen LogP contribution is 2.29. The molecule has 1 aromatic rings. The van der Waals surface area contributed by atoms with Gasteiger partial charge in [-0.2, -0.15) is 0 Å². The highest BCUT2D eigenvalue weighted by Gasteiger charge is 2.28. The van der Waals surface area contributed by atoms with E-state index in [2.05, 4.69) is 21.2 Å². The molecule has 0 saturated heterocycles. The monoisotopic (exact) mass is 315 g/mol. The van der Waals surface area contributed by atoms with Crippen molar-refractivity contribution in [1.29, 1.82) is 0 Å². The summed E-state index contributed by atoms with van der Waals surface area (Å²) in [5.41, 5.74) is 1.10. The average molecular weight is 316 g/mol. The molecule has 18 heavy (non-hydrogen) atoms. The molecule has 0 atom stereocenters. The van der Waals surface area contributed by atoms with Crippen LogP contribution in [-0.2, 0) is 0 Å². The van der Waals surface area contributed by atoms with Crippen LogP contribution in [0.3, 0.4) is 0 Å². The fourth-order valence-electron chi connectivity index (χ4n) is 2.48. The topological polar surface area (TPSA) is 32.3 Å². The van der Waals surface area contributed by atoms with Crippen molar-refractivity contribution in [2.45, 2.75) is 44.6 Å². The molecular weight excluding hydrogens is 297 g/mol. The van der Waals surface area contributed by atoms with Crippen LogP contribution in [0.25, 0.3) is 0 Å². The molecule has 1 aliphatic rings. The Morgan fingerprint density at radius 3 is 2.67 bits per heavy atom. The number of aliphatic hydroxyl groups is 1. The van der Waals surface area contributed by atoms with Gasteiger partial charge in [-0.3, -0.25) is 0 Å². The largest absolute Gasteiger partial charge is 0.388 e. The Hall–Kier alpha value is -0.610. The summed E-state index contributed by atoms with van der Waals surface area (Å²) in [4.78, 5) is 0. The maximum atomic E-state index is 13.5. The molecule has 0 unspecified atom stereocenters. The van der Waals surface area contributed by atoms with Crippen molar-refractivity contribution < 1.29 is 9.50 Å². The number of hydrogen-bond donors (Lipinski definition) is 2. The molecule has 2 rings (SSSR count). The van der Waals surface area contributed by atoms with Gasteiger partial charge in [-0.15, -0.1) is 0 Å². The molecule has 0 bridgehead atoms. The number of benzene rings is 1. The first-order valence-electron chi connectivity index (χ1n) is 6.42. The van der Waals surface area contributed by atoms with E-state index in [9.17, 15) is 9.50 Å². The third kappa shape index (κ3) is 3.23. The van der Waals surface area contributed by atoms with E-state index in [0.29, 0.717) is 11.0 Å². The van der Waals surface area contributed by atoms with Gasteiger partial charge in [-0.25, -0.2) is 4.39 Å². The number of rotatable bonds is 3. The van der Waals surface area contributed by atoms with Gasteiger partial charge in [0.25, 0.3) is 0 Å². The Labute approximate surface area is 116 Å². The van der Waals surface area contributed by atoms with Crippen LogP contribution in [0.15, 0.2) is 16.6 Å². The van der Waals surface area contributed by atoms with Crippen LogP contribution in [-0.4, -0.2) is 17.3 Å². The summed E-state index contributed by atoms with van der Waals surface area (Å²) in [7, 11) is 0. The molecule has 0 radical (unpaired) electrons. The Morgan fingerprint density at radius 2 is 2.00 bits per heavy atom. The van der Waals surface area contributed by atoms with Gasteiger partial charge in [0.05, 0.1) is 10.1 Å². The summed E-state index contributed by atoms with van der Waals surface area (Å²) >= 11 is 3.17. The fourth-order valence-corrected chi connectivity index (χ4v) is 2.94. The molecule has 1 saturated carbocycles. The number of hydrogen-bond acceptors (Lipinski definition) is 2. The fraction of sp³-hybridized carbons (Fsp3) is 0.571. The second-order valence-electron chi connectivity index (χ2n) is 5.22. The lowest BCUT2D eigenvalue weighted by atomic mass is 9.85. The molecule has 0 spiro atoms. The molecule has 1 aliphatic carbocycles. The van der Waals surface area contributed by atoms with Crippen molar-refractivity contribution in [3.8, 4) is 0 Å². The molecule has 2 nitrogen and oxygen atoms in total. The van der Waals surface area contributed by atoms with Crippen LogP contribution < -0.4 is 5.32 Å². The predicted octanol–water partition coefficient (Wildman–Crippen LogP) is 4.00. The van der Waals surface area contributed by atoms with Crippen molar-refractivity contribution in [2.24, 2.45) is 0 Å². The summed E-state index contributed by atoms with van der Waals surface area (Å²) in [6.07, 6.45) is 5.02. The lowest BCUT2D eigenvalue weighted by Crippen LogP contribution is -2.38. The van der Waals surface area contributed by atoms with E-state index >= 15 is 0 Å². The van der Waals surface area contributed by atoms with Gasteiger partial charge >= 0.3 is 0 Å². The number of aryl methyl sites for hydroxylation is 1. The zero-order valence-electron chi connectivity index (χ0n) is 10.6. The maximum Gasteiger partial charge on any atom is 0.139 e. The van der Waals surface area contributed by atoms with Gasteiger partial charge in [-0.1, -0.05) is 19.3 Å². The molecule has 0 aromatic heterocycles. The van der Waals surface area contributed by atoms with Crippen LogP contribution in [0.2, 0.25) is 0 Å². The lowest BCUT2D eigenvalue weighted by Gasteiger charge is -2.32. The summed E-state index contributed by atoms with van der Waals surface area (Å²) in [6, 6.07) is 3.23. The molecule has 0 amide bonds. The van der Waals surface area contributed by atoms with Crippen LogP contribution in [0.4, 0.5) is 10.1 Å². The third-order valence-electron chi connectivity index (χ3n) is 3.66. The van der Waals surface area contributed by atoms with Crippen LogP contribution in [0.5, 0.6) is 0 Å². The van der Waals surface area contributed by atoms with Gasteiger partial charge in [0.1, 0.15) is 5.82 Å². The Kier molecular flexibility index (Phi) is 4.28. The zero-order valence-corrected chi connectivity index (χ0v) is 12.2. The predicted molar refractivity (Wildman–Crippen MR) is 75.4 cm³/mol. The minimum absolute atomic E-state index is 0.279. The highest BCUT2D eigenvalue weighted by atomic mass is 79.9. The summed E-state index contributed by atoms with van der Waals surface area (Å²) < 4.78 is 13.9. The quantitative estimate of drug-likeness (QED) is 0.883. The standard InChI is InChI=1S/C14H19BrFNO/c1-10-7-11(15)12(16)8-13(10)17-9-14(18)5-3-2-4-6-14/h7-8,17-18H,2-6,9H2,1H3. The van der Waals surface area contributed by atoms with Crippen molar-refractivity contribution in [1.82, 2.24) is 0 Å². The highest BCUT2D eigenvalue weighted by molar-refractivity contribution is 9.10. The smallest absolute Gasteiger partial charge is 0.139 e. The Morgan fingerprint density at radius 1 is 1.33 bits per heavy atom. The first-order chi connectivity index (χ1) is 8.50. The zero-order chi connectivity index (χ0) is 13.2. The Balaban J connectivity index is 2.03. The molecular formula is C14H19BrFNO. The number of anilines is 1. The first-order valence-corrected chi connectivity index (χ1v) is 7.21. The van der Waals surface area contributed by atoms with Gasteiger partial charge in [0, 0.05) is 12.2 Å². The van der Waals surface area contributed by atoms with Gasteiger partial charge in [0.15, 0.2) is 0 Å². The van der Waals surface area contributed by atoms with Crippen molar-refractivity contribution >= 4 is 21.6 Å². The second kappa shape index (κ2) is 5.57. The maximum absolute atomic E-state index is 13.5. The van der Waals surface area contributed by atoms with Crippen molar-refractivity contribution in [2.75, 3.05) is 11.9 Å². The molecule has 1 aromatic carbocycles. The molecule has 0 heterocycles. The van der Waals surface area contributed by atoms with E-state index in [4.69, 9.17) is 0 Å². The minimum Gasteiger partial charge on any atom is -0.388 e. The number of halogens is 2. The van der Waals surface area contributed by atoms with Gasteiger partial charge in [0.2, 0.25) is 0 Å². The lowest BCUT2D eigenvalue weighted by molar-refractivity contribution is 0.0167. The van der Waals surface area contributed by atoms with Crippen molar-refractivity contribution in [3.63, 3.8) is 0 Å². The first kappa shape index (κ1) is 13.8. The van der Waals surface area contributed by atoms with Crippen LogP contribution in [0.1, 0.15) is 37.7 Å². The van der Waals surface area contributed by atoms with E-state index in [1.54, 1.807) is 6.07 Å². The van der Waals surface area contributed by atoms with Gasteiger partial charge in [-0.05, 0) is 53.4 Å². The van der Waals surface area contributed by atoms with E-state index in [0.717, 1.165) is 36.9 Å². The summed E-state index contributed by atoms with van der Waals surface area (Å²) in [6.45, 7) is 2.42. The van der Waals surface area contributed by atoms with E-state index in [1.807, 2.05) is 6.92 Å². The van der Waals surface area contributed by atoms with Crippen LogP contribution in [0, 0.1) is 12.7 Å². The molecule has 0 aliphatic heterocycles. The van der Waals surface area contributed by atoms with Crippen LogP contribution >= 0.6 is 15.9 Å². The van der Waals surface area contributed by atoms with E-state index < -0.39 is 5.60 Å². The van der Waals surface area contributed by atoms with Gasteiger partial charge < -0.3 is 10.4 Å². The molecule has 1 fully saturated rings. The summed E-state index contributed by atoms with van der Waals surface area (Å²) in [5, 5.41) is 13.6. The SMILES string of the molecule is Cc1cc(Br)c(F)cc1NCC1(O)CCCCC1. The number of nitrogens with one attached hydrogen (secondary N) is 1. The normalized spacial score (nSPS) is 18.7. The second-order valence-corrected chi connectivity index (χ2v) is 6.07. The summed E-state index contributed by atoms with van der Waals surface area (Å²) in [5.74, 6) is -0.279. The van der Waals surface area contributed by atoms with Crippen molar-refractivity contribution in [3.05, 3.63) is 28.0 Å². The Bertz CT molecular complexity index is 430. The minimum atomic E-state index is -0.631.